The van der Waals surface area contributed by atoms with Gasteiger partial charge in [0.25, 0.3) is 0 Å². The Balaban J connectivity index is 1.96. The van der Waals surface area contributed by atoms with E-state index < -0.39 is 23.6 Å². The Hall–Kier alpha value is -2.54. The minimum absolute atomic E-state index is 0.386. The summed E-state index contributed by atoms with van der Waals surface area (Å²) in [4.78, 5) is 13.3. The molecule has 3 rings (SSSR count). The summed E-state index contributed by atoms with van der Waals surface area (Å²) in [5, 5.41) is 9.22. The van der Waals surface area contributed by atoms with E-state index in [-0.39, 0.29) is 6.04 Å². The molecule has 0 amide bonds. The number of benzene rings is 2. The molecule has 0 spiro atoms. The van der Waals surface area contributed by atoms with Gasteiger partial charge in [-0.25, -0.2) is 0 Å². The predicted octanol–water partition coefficient (Wildman–Crippen LogP) is 4.60. The van der Waals surface area contributed by atoms with E-state index in [2.05, 4.69) is 4.90 Å². The number of carbonyl (C=O) groups is 1. The minimum Gasteiger partial charge on any atom is -0.497 e. The quantitative estimate of drug-likeness (QED) is 0.807. The van der Waals surface area contributed by atoms with Crippen LogP contribution in [0.2, 0.25) is 0 Å². The number of carboxylic acids is 1. The van der Waals surface area contributed by atoms with Crippen LogP contribution in [0.15, 0.2) is 48.5 Å². The zero-order valence-corrected chi connectivity index (χ0v) is 15.4. The fourth-order valence-corrected chi connectivity index (χ4v) is 3.69. The van der Waals surface area contributed by atoms with Gasteiger partial charge in [0, 0.05) is 0 Å². The summed E-state index contributed by atoms with van der Waals surface area (Å²) in [5.41, 5.74) is 0.687. The SMILES string of the molecule is COc1ccc(C(c2cccc(C(F)(F)F)c2)N2CCC(C(=O)O)CC2)cc1. The molecule has 28 heavy (non-hydrogen) atoms. The Morgan fingerprint density at radius 1 is 1.11 bits per heavy atom. The van der Waals surface area contributed by atoms with Crippen molar-refractivity contribution in [3.05, 3.63) is 65.2 Å². The summed E-state index contributed by atoms with van der Waals surface area (Å²) < 4.78 is 44.8. The van der Waals surface area contributed by atoms with E-state index in [0.717, 1.165) is 11.6 Å². The molecule has 1 unspecified atom stereocenters. The number of piperidine rings is 1. The predicted molar refractivity (Wildman–Crippen MR) is 98.2 cm³/mol. The number of nitrogens with zero attached hydrogens (tertiary/aromatic N) is 1. The highest BCUT2D eigenvalue weighted by atomic mass is 19.4. The summed E-state index contributed by atoms with van der Waals surface area (Å²) in [6.07, 6.45) is -3.47. The molecule has 7 heteroatoms. The Morgan fingerprint density at radius 3 is 2.29 bits per heavy atom. The fraction of sp³-hybridized carbons (Fsp3) is 0.381. The summed E-state index contributed by atoms with van der Waals surface area (Å²) in [6, 6.07) is 12.2. The maximum atomic E-state index is 13.2. The van der Waals surface area contributed by atoms with Crippen LogP contribution in [-0.4, -0.2) is 36.2 Å². The van der Waals surface area contributed by atoms with Gasteiger partial charge < -0.3 is 9.84 Å². The van der Waals surface area contributed by atoms with Crippen LogP contribution in [0.5, 0.6) is 5.75 Å². The van der Waals surface area contributed by atoms with Crippen LogP contribution in [0, 0.1) is 5.92 Å². The van der Waals surface area contributed by atoms with Gasteiger partial charge in [0.2, 0.25) is 0 Å². The lowest BCUT2D eigenvalue weighted by Crippen LogP contribution is -2.39. The van der Waals surface area contributed by atoms with E-state index in [9.17, 15) is 23.1 Å². The van der Waals surface area contributed by atoms with Crippen LogP contribution in [0.1, 0.15) is 35.6 Å². The van der Waals surface area contributed by atoms with Gasteiger partial charge in [-0.2, -0.15) is 13.2 Å². The summed E-state index contributed by atoms with van der Waals surface area (Å²) in [6.45, 7) is 1.01. The van der Waals surface area contributed by atoms with Gasteiger partial charge in [0.05, 0.1) is 24.6 Å². The number of hydrogen-bond acceptors (Lipinski definition) is 3. The Kier molecular flexibility index (Phi) is 5.93. The monoisotopic (exact) mass is 393 g/mol. The van der Waals surface area contributed by atoms with E-state index in [1.807, 2.05) is 12.1 Å². The second-order valence-corrected chi connectivity index (χ2v) is 6.95. The molecule has 1 N–H and O–H groups in total. The van der Waals surface area contributed by atoms with E-state index in [1.54, 1.807) is 25.3 Å². The van der Waals surface area contributed by atoms with E-state index in [4.69, 9.17) is 4.74 Å². The first-order chi connectivity index (χ1) is 13.3. The third-order valence-corrected chi connectivity index (χ3v) is 5.21. The molecule has 0 aromatic heterocycles. The lowest BCUT2D eigenvalue weighted by Gasteiger charge is -2.37. The van der Waals surface area contributed by atoms with Gasteiger partial charge in [-0.15, -0.1) is 0 Å². The van der Waals surface area contributed by atoms with Crippen molar-refractivity contribution < 1.29 is 27.8 Å². The van der Waals surface area contributed by atoms with Crippen LogP contribution in [0.3, 0.4) is 0 Å². The van der Waals surface area contributed by atoms with Crippen molar-refractivity contribution in [1.29, 1.82) is 0 Å². The molecule has 0 saturated carbocycles. The van der Waals surface area contributed by atoms with Crippen molar-refractivity contribution in [2.45, 2.75) is 25.1 Å². The second kappa shape index (κ2) is 8.22. The summed E-state index contributed by atoms with van der Waals surface area (Å²) in [7, 11) is 1.55. The highest BCUT2D eigenvalue weighted by Gasteiger charge is 2.33. The molecule has 1 fully saturated rings. The molecule has 1 heterocycles. The Labute approximate surface area is 161 Å². The van der Waals surface area contributed by atoms with Crippen molar-refractivity contribution in [2.75, 3.05) is 20.2 Å². The molecule has 2 aromatic carbocycles. The van der Waals surface area contributed by atoms with Gasteiger partial charge in [-0.3, -0.25) is 9.69 Å². The fourth-order valence-electron chi connectivity index (χ4n) is 3.69. The number of hydrogen-bond donors (Lipinski definition) is 1. The highest BCUT2D eigenvalue weighted by Crippen LogP contribution is 2.36. The van der Waals surface area contributed by atoms with Crippen LogP contribution in [0.25, 0.3) is 0 Å². The lowest BCUT2D eigenvalue weighted by atomic mass is 9.90. The van der Waals surface area contributed by atoms with Gasteiger partial charge in [-0.1, -0.05) is 24.3 Å². The van der Waals surface area contributed by atoms with Gasteiger partial charge in [0.1, 0.15) is 5.75 Å². The number of ether oxygens (including phenoxy) is 1. The van der Waals surface area contributed by atoms with Crippen molar-refractivity contribution in [3.63, 3.8) is 0 Å². The van der Waals surface area contributed by atoms with Crippen molar-refractivity contribution in [3.8, 4) is 5.75 Å². The van der Waals surface area contributed by atoms with E-state index in [0.29, 0.717) is 37.2 Å². The molecule has 1 saturated heterocycles. The maximum Gasteiger partial charge on any atom is 0.416 e. The molecular weight excluding hydrogens is 371 g/mol. The molecule has 1 aliphatic heterocycles. The highest BCUT2D eigenvalue weighted by molar-refractivity contribution is 5.70. The number of rotatable bonds is 5. The van der Waals surface area contributed by atoms with Gasteiger partial charge >= 0.3 is 12.1 Å². The standard InChI is InChI=1S/C21H22F3NO3/c1-28-18-7-5-14(6-8-18)19(25-11-9-15(10-12-25)20(26)27)16-3-2-4-17(13-16)21(22,23)24/h2-8,13,15,19H,9-12H2,1H3,(H,26,27). The first-order valence-electron chi connectivity index (χ1n) is 9.07. The Bertz CT molecular complexity index is 812. The lowest BCUT2D eigenvalue weighted by molar-refractivity contribution is -0.143. The number of aliphatic carboxylic acids is 1. The zero-order chi connectivity index (χ0) is 20.3. The van der Waals surface area contributed by atoms with Crippen LogP contribution < -0.4 is 4.74 Å². The zero-order valence-electron chi connectivity index (χ0n) is 15.4. The summed E-state index contributed by atoms with van der Waals surface area (Å²) in [5.74, 6) is -0.565. The maximum absolute atomic E-state index is 13.2. The number of halogens is 3. The molecule has 0 bridgehead atoms. The summed E-state index contributed by atoms with van der Waals surface area (Å²) >= 11 is 0. The molecule has 2 aromatic rings. The molecule has 150 valence electrons. The molecule has 4 nitrogen and oxygen atoms in total. The third-order valence-electron chi connectivity index (χ3n) is 5.21. The largest absolute Gasteiger partial charge is 0.497 e. The van der Waals surface area contributed by atoms with E-state index in [1.165, 1.54) is 12.1 Å². The average Bonchev–Trinajstić information content (AvgIpc) is 2.69. The number of alkyl halides is 3. The van der Waals surface area contributed by atoms with Crippen LogP contribution in [-0.2, 0) is 11.0 Å². The first-order valence-corrected chi connectivity index (χ1v) is 9.07. The van der Waals surface area contributed by atoms with Crippen molar-refractivity contribution in [2.24, 2.45) is 5.92 Å². The second-order valence-electron chi connectivity index (χ2n) is 6.95. The normalized spacial score (nSPS) is 17.3. The van der Waals surface area contributed by atoms with Crippen LogP contribution >= 0.6 is 0 Å². The molecule has 1 atom stereocenters. The van der Waals surface area contributed by atoms with Gasteiger partial charge in [0.15, 0.2) is 0 Å². The Morgan fingerprint density at radius 2 is 1.75 bits per heavy atom. The first kappa shape index (κ1) is 20.2. The molecule has 1 aliphatic rings. The van der Waals surface area contributed by atoms with E-state index >= 15 is 0 Å². The topological polar surface area (TPSA) is 49.8 Å². The smallest absolute Gasteiger partial charge is 0.416 e. The van der Waals surface area contributed by atoms with Crippen molar-refractivity contribution >= 4 is 5.97 Å². The molecular formula is C21H22F3NO3. The van der Waals surface area contributed by atoms with Crippen LogP contribution in [0.4, 0.5) is 13.2 Å². The van der Waals surface area contributed by atoms with Crippen molar-refractivity contribution in [1.82, 2.24) is 4.90 Å². The average molecular weight is 393 g/mol. The third kappa shape index (κ3) is 4.47. The minimum atomic E-state index is -4.42. The number of carboxylic acid groups (broad SMARTS) is 1. The number of likely N-dealkylation sites (tertiary alicyclic amines) is 1. The molecule has 0 radical (unpaired) electrons. The van der Waals surface area contributed by atoms with Gasteiger partial charge in [-0.05, 0) is 61.3 Å². The molecule has 0 aliphatic carbocycles. The number of methoxy groups -OCH3 is 1.